The minimum absolute atomic E-state index is 0.00226. The molecular weight excluding hydrogens is 302 g/mol. The smallest absolute Gasteiger partial charge is 0.335 e. The zero-order chi connectivity index (χ0) is 16.9. The van der Waals surface area contributed by atoms with Crippen LogP contribution < -0.4 is 4.57 Å². The Morgan fingerprint density at radius 2 is 1.54 bits per heavy atom. The lowest BCUT2D eigenvalue weighted by Gasteiger charge is -2.05. The summed E-state index contributed by atoms with van der Waals surface area (Å²) in [6, 6.07) is 21.4. The van der Waals surface area contributed by atoms with Gasteiger partial charge in [0.1, 0.15) is 0 Å². The predicted molar refractivity (Wildman–Crippen MR) is 89.8 cm³/mol. The molecule has 0 spiro atoms. The zero-order valence-electron chi connectivity index (χ0n) is 12.9. The Balaban J connectivity index is 1.95. The third-order valence-electron chi connectivity index (χ3n) is 3.76. The Kier molecular flexibility index (Phi) is 4.47. The number of benzene rings is 2. The summed E-state index contributed by atoms with van der Waals surface area (Å²) in [7, 11) is 0. The number of Topliss-reactive ketones (excluding diaryl/α,β-unsaturated/α-hetero) is 1. The number of carboxylic acids is 1. The van der Waals surface area contributed by atoms with Crippen molar-refractivity contribution in [3.8, 4) is 11.3 Å². The van der Waals surface area contributed by atoms with E-state index in [0.29, 0.717) is 5.56 Å². The van der Waals surface area contributed by atoms with Crippen molar-refractivity contribution in [3.05, 3.63) is 90.1 Å². The van der Waals surface area contributed by atoms with Gasteiger partial charge in [0.15, 0.2) is 6.20 Å². The maximum atomic E-state index is 12.5. The first kappa shape index (κ1) is 15.6. The van der Waals surface area contributed by atoms with E-state index in [4.69, 9.17) is 5.11 Å². The van der Waals surface area contributed by atoms with E-state index in [0.717, 1.165) is 11.3 Å². The standard InChI is InChI=1S/C20H15NO3/c22-19(15-7-2-1-3-8-15)14-21-12-5-4-11-18(21)16-9-6-10-17(13-16)20(23)24/h1-13H,14H2/p+1. The molecule has 0 aliphatic heterocycles. The Morgan fingerprint density at radius 1 is 0.833 bits per heavy atom. The van der Waals surface area contributed by atoms with Crippen molar-refractivity contribution >= 4 is 11.8 Å². The predicted octanol–water partition coefficient (Wildman–Crippen LogP) is 3.22. The molecule has 118 valence electrons. The second-order valence-electron chi connectivity index (χ2n) is 5.39. The van der Waals surface area contributed by atoms with Gasteiger partial charge in [-0.15, -0.1) is 0 Å². The van der Waals surface area contributed by atoms with Gasteiger partial charge in [-0.2, -0.15) is 4.57 Å². The zero-order valence-corrected chi connectivity index (χ0v) is 12.9. The van der Waals surface area contributed by atoms with E-state index >= 15 is 0 Å². The average molecular weight is 318 g/mol. The van der Waals surface area contributed by atoms with Crippen LogP contribution in [0.5, 0.6) is 0 Å². The normalized spacial score (nSPS) is 10.3. The first-order valence-corrected chi connectivity index (χ1v) is 7.55. The van der Waals surface area contributed by atoms with Crippen LogP contribution in [0.3, 0.4) is 0 Å². The summed E-state index contributed by atoms with van der Waals surface area (Å²) >= 11 is 0. The third-order valence-corrected chi connectivity index (χ3v) is 3.76. The van der Waals surface area contributed by atoms with Crippen LogP contribution in [0.25, 0.3) is 11.3 Å². The molecule has 2 aromatic carbocycles. The minimum atomic E-state index is -0.973. The number of carboxylic acid groups (broad SMARTS) is 1. The van der Waals surface area contributed by atoms with Crippen molar-refractivity contribution in [2.45, 2.75) is 6.54 Å². The van der Waals surface area contributed by atoms with Crippen LogP contribution in [0.1, 0.15) is 20.7 Å². The quantitative estimate of drug-likeness (QED) is 0.580. The number of hydrogen-bond donors (Lipinski definition) is 1. The average Bonchev–Trinajstić information content (AvgIpc) is 2.63. The van der Waals surface area contributed by atoms with Crippen LogP contribution in [0, 0.1) is 0 Å². The van der Waals surface area contributed by atoms with Gasteiger partial charge in [-0.05, 0) is 24.3 Å². The molecule has 0 saturated carbocycles. The second kappa shape index (κ2) is 6.87. The first-order valence-electron chi connectivity index (χ1n) is 7.55. The molecule has 0 amide bonds. The van der Waals surface area contributed by atoms with Gasteiger partial charge in [-0.3, -0.25) is 4.79 Å². The molecule has 0 radical (unpaired) electrons. The van der Waals surface area contributed by atoms with Crippen molar-refractivity contribution in [1.29, 1.82) is 0 Å². The van der Waals surface area contributed by atoms with Crippen molar-refractivity contribution in [2.75, 3.05) is 0 Å². The number of pyridine rings is 1. The van der Waals surface area contributed by atoms with E-state index in [1.165, 1.54) is 0 Å². The molecule has 0 saturated heterocycles. The molecule has 24 heavy (non-hydrogen) atoms. The molecule has 0 aliphatic rings. The van der Waals surface area contributed by atoms with Gasteiger partial charge < -0.3 is 5.11 Å². The lowest BCUT2D eigenvalue weighted by molar-refractivity contribution is -0.672. The topological polar surface area (TPSA) is 58.2 Å². The van der Waals surface area contributed by atoms with Crippen molar-refractivity contribution in [3.63, 3.8) is 0 Å². The van der Waals surface area contributed by atoms with Crippen LogP contribution in [-0.2, 0) is 6.54 Å². The van der Waals surface area contributed by atoms with Crippen molar-refractivity contribution in [1.82, 2.24) is 0 Å². The van der Waals surface area contributed by atoms with Crippen molar-refractivity contribution in [2.24, 2.45) is 0 Å². The Labute approximate surface area is 139 Å². The van der Waals surface area contributed by atoms with Gasteiger partial charge in [0, 0.05) is 23.3 Å². The molecule has 0 aliphatic carbocycles. The summed E-state index contributed by atoms with van der Waals surface area (Å²) in [5, 5.41) is 9.16. The van der Waals surface area contributed by atoms with Crippen LogP contribution in [0.2, 0.25) is 0 Å². The molecule has 3 aromatic rings. The Hall–Kier alpha value is -3.27. The number of carbonyl (C=O) groups is 2. The minimum Gasteiger partial charge on any atom is -0.478 e. The molecular formula is C20H16NO3+. The highest BCUT2D eigenvalue weighted by Crippen LogP contribution is 2.17. The number of aromatic nitrogens is 1. The summed E-state index contributed by atoms with van der Waals surface area (Å²) in [6.45, 7) is 0.192. The highest BCUT2D eigenvalue weighted by molar-refractivity contribution is 5.95. The Morgan fingerprint density at radius 3 is 2.29 bits per heavy atom. The van der Waals surface area contributed by atoms with Crippen LogP contribution >= 0.6 is 0 Å². The number of carbonyl (C=O) groups excluding carboxylic acids is 1. The molecule has 1 N–H and O–H groups in total. The number of hydrogen-bond acceptors (Lipinski definition) is 2. The largest absolute Gasteiger partial charge is 0.478 e. The molecule has 0 fully saturated rings. The molecule has 0 atom stereocenters. The van der Waals surface area contributed by atoms with Crippen molar-refractivity contribution < 1.29 is 19.3 Å². The van der Waals surface area contributed by atoms with Gasteiger partial charge in [0.2, 0.25) is 18.0 Å². The van der Waals surface area contributed by atoms with E-state index in [2.05, 4.69) is 0 Å². The van der Waals surface area contributed by atoms with Gasteiger partial charge in [-0.1, -0.05) is 36.4 Å². The fourth-order valence-electron chi connectivity index (χ4n) is 2.56. The molecule has 0 bridgehead atoms. The number of nitrogens with zero attached hydrogens (tertiary/aromatic N) is 1. The van der Waals surface area contributed by atoms with Gasteiger partial charge in [-0.25, -0.2) is 4.79 Å². The summed E-state index contributed by atoms with van der Waals surface area (Å²) < 4.78 is 1.83. The van der Waals surface area contributed by atoms with Crippen LogP contribution in [-0.4, -0.2) is 16.9 Å². The van der Waals surface area contributed by atoms with E-state index in [1.54, 1.807) is 30.3 Å². The first-order chi connectivity index (χ1) is 11.6. The molecule has 1 heterocycles. The molecule has 4 heteroatoms. The molecule has 0 unspecified atom stereocenters. The fraction of sp³-hybridized carbons (Fsp3) is 0.0500. The number of rotatable bonds is 5. The van der Waals surface area contributed by atoms with Crippen LogP contribution in [0.15, 0.2) is 79.0 Å². The van der Waals surface area contributed by atoms with E-state index in [9.17, 15) is 9.59 Å². The third kappa shape index (κ3) is 3.38. The fourth-order valence-corrected chi connectivity index (χ4v) is 2.56. The highest BCUT2D eigenvalue weighted by atomic mass is 16.4. The van der Waals surface area contributed by atoms with Gasteiger partial charge >= 0.3 is 5.97 Å². The monoisotopic (exact) mass is 318 g/mol. The summed E-state index contributed by atoms with van der Waals surface area (Å²) in [5.74, 6) is -0.970. The summed E-state index contributed by atoms with van der Waals surface area (Å²) in [5.41, 5.74) is 2.43. The summed E-state index contributed by atoms with van der Waals surface area (Å²) in [4.78, 5) is 23.6. The van der Waals surface area contributed by atoms with Gasteiger partial charge in [0.05, 0.1) is 5.56 Å². The highest BCUT2D eigenvalue weighted by Gasteiger charge is 2.18. The maximum Gasteiger partial charge on any atom is 0.335 e. The number of ketones is 1. The lowest BCUT2D eigenvalue weighted by atomic mass is 10.1. The lowest BCUT2D eigenvalue weighted by Crippen LogP contribution is -2.39. The molecule has 1 aromatic heterocycles. The van der Waals surface area contributed by atoms with E-state index in [-0.39, 0.29) is 17.9 Å². The molecule has 4 nitrogen and oxygen atoms in total. The summed E-state index contributed by atoms with van der Waals surface area (Å²) in [6.07, 6.45) is 1.82. The maximum absolute atomic E-state index is 12.5. The second-order valence-corrected chi connectivity index (χ2v) is 5.39. The van der Waals surface area contributed by atoms with Crippen LogP contribution in [0.4, 0.5) is 0 Å². The SMILES string of the molecule is O=C(O)c1cccc(-c2cccc[n+]2CC(=O)c2ccccc2)c1. The Bertz CT molecular complexity index is 888. The van der Waals surface area contributed by atoms with E-state index < -0.39 is 5.97 Å². The van der Waals surface area contributed by atoms with E-state index in [1.807, 2.05) is 53.2 Å². The molecule has 3 rings (SSSR count). The number of aromatic carboxylic acids is 1. The van der Waals surface area contributed by atoms with Gasteiger partial charge in [0.25, 0.3) is 0 Å².